The molecule has 0 spiro atoms. The van der Waals surface area contributed by atoms with Crippen LogP contribution in [-0.2, 0) is 9.84 Å². The molecule has 0 atom stereocenters. The number of halogens is 2. The monoisotopic (exact) mass is 448 g/mol. The van der Waals surface area contributed by atoms with Crippen molar-refractivity contribution in [2.24, 2.45) is 0 Å². The minimum absolute atomic E-state index is 0.144. The number of imidazole rings is 1. The van der Waals surface area contributed by atoms with Gasteiger partial charge in [-0.05, 0) is 36.4 Å². The van der Waals surface area contributed by atoms with Crippen molar-refractivity contribution in [1.82, 2.24) is 19.5 Å². The molecule has 0 amide bonds. The number of aromatic nitrogens is 4. The number of fused-ring (bicyclic) bond motifs is 1. The molecule has 4 rings (SSSR count). The van der Waals surface area contributed by atoms with Gasteiger partial charge >= 0.3 is 0 Å². The third-order valence-corrected chi connectivity index (χ3v) is 5.92. The van der Waals surface area contributed by atoms with E-state index >= 15 is 0 Å². The van der Waals surface area contributed by atoms with E-state index in [1.807, 2.05) is 0 Å². The molecule has 11 heteroatoms. The molecule has 0 bridgehead atoms. The molecule has 0 aliphatic rings. The van der Waals surface area contributed by atoms with Crippen LogP contribution < -0.4 is 11.1 Å². The molecule has 2 aromatic carbocycles. The Morgan fingerprint density at radius 1 is 1.03 bits per heavy atom. The third-order valence-electron chi connectivity index (χ3n) is 4.18. The number of para-hydroxylation sites is 1. The van der Waals surface area contributed by atoms with Crippen molar-refractivity contribution in [2.75, 3.05) is 17.3 Å². The molecule has 8 nitrogen and oxygen atoms in total. The van der Waals surface area contributed by atoms with E-state index in [2.05, 4.69) is 20.3 Å². The van der Waals surface area contributed by atoms with Crippen LogP contribution in [0.4, 0.5) is 17.5 Å². The normalized spacial score (nSPS) is 11.7. The number of nitrogen functional groups attached to an aromatic ring is 1. The van der Waals surface area contributed by atoms with Crippen molar-refractivity contribution < 1.29 is 8.42 Å². The molecule has 4 aromatic rings. The molecule has 0 saturated heterocycles. The van der Waals surface area contributed by atoms with Crippen LogP contribution >= 0.6 is 23.2 Å². The summed E-state index contributed by atoms with van der Waals surface area (Å²) in [6.45, 7) is 0. The zero-order valence-corrected chi connectivity index (χ0v) is 17.3. The van der Waals surface area contributed by atoms with Gasteiger partial charge in [0, 0.05) is 11.9 Å². The summed E-state index contributed by atoms with van der Waals surface area (Å²) in [6, 6.07) is 11.4. The molecule has 0 aliphatic heterocycles. The summed E-state index contributed by atoms with van der Waals surface area (Å²) >= 11 is 12.6. The predicted octanol–water partition coefficient (Wildman–Crippen LogP) is 3.85. The second-order valence-corrected chi connectivity index (χ2v) is 9.02. The van der Waals surface area contributed by atoms with Crippen LogP contribution in [0.3, 0.4) is 0 Å². The molecule has 0 radical (unpaired) electrons. The quantitative estimate of drug-likeness (QED) is 0.486. The van der Waals surface area contributed by atoms with E-state index in [0.29, 0.717) is 38.4 Å². The minimum Gasteiger partial charge on any atom is -0.369 e. The number of nitrogens with two attached hydrogens (primary N) is 1. The lowest BCUT2D eigenvalue weighted by Gasteiger charge is -2.10. The molecule has 148 valence electrons. The highest BCUT2D eigenvalue weighted by atomic mass is 35.5. The highest BCUT2D eigenvalue weighted by molar-refractivity contribution is 7.90. The van der Waals surface area contributed by atoms with Gasteiger partial charge in [0.25, 0.3) is 0 Å². The first-order valence-electron chi connectivity index (χ1n) is 8.26. The lowest BCUT2D eigenvalue weighted by molar-refractivity contribution is 0.602. The van der Waals surface area contributed by atoms with Gasteiger partial charge in [-0.2, -0.15) is 0 Å². The van der Waals surface area contributed by atoms with Gasteiger partial charge in [-0.1, -0.05) is 29.3 Å². The Kier molecular flexibility index (Phi) is 4.81. The fraction of sp³-hybridized carbons (Fsp3) is 0.0556. The van der Waals surface area contributed by atoms with Crippen LogP contribution in [-0.4, -0.2) is 34.2 Å². The second kappa shape index (κ2) is 7.18. The van der Waals surface area contributed by atoms with Crippen molar-refractivity contribution >= 4 is 61.7 Å². The molecule has 29 heavy (non-hydrogen) atoms. The maximum atomic E-state index is 11.6. The van der Waals surface area contributed by atoms with Crippen LogP contribution in [0.25, 0.3) is 16.9 Å². The summed E-state index contributed by atoms with van der Waals surface area (Å²) in [6.07, 6.45) is 2.51. The molecule has 2 aromatic heterocycles. The molecular weight excluding hydrogens is 435 g/mol. The standard InChI is InChI=1S/C18H14Cl2N6O2S/c1-29(27,28)11-7-5-10(6-8-11)24-16-14-17(23-9-22-16)26(18(21)25-14)15-12(19)3-2-4-13(15)20/h2-9H,1H3,(H2,21,25)(H,22,23,24). The number of anilines is 3. The topological polar surface area (TPSA) is 116 Å². The molecule has 0 aliphatic carbocycles. The SMILES string of the molecule is CS(=O)(=O)c1ccc(Nc2ncnc3c2nc(N)n3-c2c(Cl)cccc2Cl)cc1. The van der Waals surface area contributed by atoms with Crippen LogP contribution in [0.15, 0.2) is 53.7 Å². The Labute approximate surface area is 176 Å². The fourth-order valence-corrected chi connectivity index (χ4v) is 4.04. The van der Waals surface area contributed by atoms with Crippen LogP contribution in [0.5, 0.6) is 0 Å². The Morgan fingerprint density at radius 3 is 2.31 bits per heavy atom. The average molecular weight is 449 g/mol. The number of nitrogens with zero attached hydrogens (tertiary/aromatic N) is 4. The fourth-order valence-electron chi connectivity index (χ4n) is 2.85. The maximum Gasteiger partial charge on any atom is 0.207 e. The molecular formula is C18H14Cl2N6O2S. The van der Waals surface area contributed by atoms with Crippen molar-refractivity contribution in [1.29, 1.82) is 0 Å². The van der Waals surface area contributed by atoms with Gasteiger partial charge in [-0.3, -0.25) is 4.57 Å². The molecule has 0 unspecified atom stereocenters. The van der Waals surface area contributed by atoms with E-state index < -0.39 is 9.84 Å². The van der Waals surface area contributed by atoms with Gasteiger partial charge < -0.3 is 11.1 Å². The number of sulfone groups is 1. The van der Waals surface area contributed by atoms with Crippen LogP contribution in [0.2, 0.25) is 10.0 Å². The van der Waals surface area contributed by atoms with Gasteiger partial charge in [-0.25, -0.2) is 23.4 Å². The van der Waals surface area contributed by atoms with Crippen molar-refractivity contribution in [3.63, 3.8) is 0 Å². The first-order chi connectivity index (χ1) is 13.8. The van der Waals surface area contributed by atoms with Crippen LogP contribution in [0, 0.1) is 0 Å². The van der Waals surface area contributed by atoms with E-state index in [9.17, 15) is 8.42 Å². The Balaban J connectivity index is 1.80. The smallest absolute Gasteiger partial charge is 0.207 e. The number of hydrogen-bond acceptors (Lipinski definition) is 7. The van der Waals surface area contributed by atoms with Crippen LogP contribution in [0.1, 0.15) is 0 Å². The van der Waals surface area contributed by atoms with E-state index in [1.54, 1.807) is 34.9 Å². The number of nitrogens with one attached hydrogen (secondary N) is 1. The lowest BCUT2D eigenvalue weighted by atomic mass is 10.3. The highest BCUT2D eigenvalue weighted by Gasteiger charge is 2.19. The number of hydrogen-bond donors (Lipinski definition) is 2. The number of benzene rings is 2. The first-order valence-corrected chi connectivity index (χ1v) is 10.9. The van der Waals surface area contributed by atoms with Crippen molar-refractivity contribution in [3.05, 3.63) is 58.8 Å². The maximum absolute atomic E-state index is 11.6. The van der Waals surface area contributed by atoms with E-state index in [4.69, 9.17) is 28.9 Å². The minimum atomic E-state index is -3.28. The van der Waals surface area contributed by atoms with Gasteiger partial charge in [0.2, 0.25) is 5.95 Å². The van der Waals surface area contributed by atoms with E-state index in [0.717, 1.165) is 6.26 Å². The Hall–Kier alpha value is -2.88. The second-order valence-electron chi connectivity index (χ2n) is 6.19. The summed E-state index contributed by atoms with van der Waals surface area (Å²) in [5, 5.41) is 3.90. The van der Waals surface area contributed by atoms with Gasteiger partial charge in [-0.15, -0.1) is 0 Å². The molecule has 0 fully saturated rings. The van der Waals surface area contributed by atoms with E-state index in [-0.39, 0.29) is 10.8 Å². The average Bonchev–Trinajstić information content (AvgIpc) is 2.99. The Morgan fingerprint density at radius 2 is 1.69 bits per heavy atom. The summed E-state index contributed by atoms with van der Waals surface area (Å²) in [7, 11) is -3.28. The van der Waals surface area contributed by atoms with Gasteiger partial charge in [0.1, 0.15) is 6.33 Å². The summed E-state index contributed by atoms with van der Waals surface area (Å²) in [5.41, 5.74) is 8.05. The summed E-state index contributed by atoms with van der Waals surface area (Å²) in [4.78, 5) is 13.1. The number of rotatable bonds is 4. The zero-order chi connectivity index (χ0) is 20.8. The predicted molar refractivity (Wildman–Crippen MR) is 114 cm³/mol. The molecule has 0 saturated carbocycles. The third kappa shape index (κ3) is 3.59. The van der Waals surface area contributed by atoms with E-state index in [1.165, 1.54) is 18.5 Å². The highest BCUT2D eigenvalue weighted by Crippen LogP contribution is 2.34. The van der Waals surface area contributed by atoms with Gasteiger partial charge in [0.15, 0.2) is 26.8 Å². The largest absolute Gasteiger partial charge is 0.369 e. The summed E-state index contributed by atoms with van der Waals surface area (Å²) < 4.78 is 24.8. The van der Waals surface area contributed by atoms with Crippen molar-refractivity contribution in [3.8, 4) is 5.69 Å². The van der Waals surface area contributed by atoms with Gasteiger partial charge in [0.05, 0.1) is 20.6 Å². The molecule has 3 N–H and O–H groups in total. The first kappa shape index (κ1) is 19.4. The lowest BCUT2D eigenvalue weighted by Crippen LogP contribution is -2.03. The molecule has 2 heterocycles. The van der Waals surface area contributed by atoms with Crippen molar-refractivity contribution in [2.45, 2.75) is 4.90 Å². The summed E-state index contributed by atoms with van der Waals surface area (Å²) in [5.74, 6) is 0.543. The zero-order valence-electron chi connectivity index (χ0n) is 15.0. The Bertz CT molecular complexity index is 1320.